The third-order valence-electron chi connectivity index (χ3n) is 3.65. The number of nitrogens with one attached hydrogen (secondary N) is 1. The number of hydrogen-bond donors (Lipinski definition) is 1. The fraction of sp³-hybridized carbons (Fsp3) is 0.769. The molecule has 3 heteroatoms. The second-order valence-corrected chi connectivity index (χ2v) is 6.65. The molecule has 0 amide bonds. The van der Waals surface area contributed by atoms with Crippen LogP contribution in [0.15, 0.2) is 0 Å². The van der Waals surface area contributed by atoms with Crippen LogP contribution in [-0.2, 0) is 6.54 Å². The fourth-order valence-electron chi connectivity index (χ4n) is 2.62. The summed E-state index contributed by atoms with van der Waals surface area (Å²) in [6.07, 6.45) is 5.61. The van der Waals surface area contributed by atoms with E-state index in [-0.39, 0.29) is 0 Å². The van der Waals surface area contributed by atoms with Crippen LogP contribution in [0.4, 0.5) is 0 Å². The molecule has 0 radical (unpaired) electrons. The molecule has 1 heterocycles. The zero-order valence-corrected chi connectivity index (χ0v) is 11.4. The highest BCUT2D eigenvalue weighted by atomic mass is 32.1. The Balaban J connectivity index is 1.81. The molecule has 90 valence electrons. The van der Waals surface area contributed by atoms with Gasteiger partial charge in [-0.2, -0.15) is 0 Å². The van der Waals surface area contributed by atoms with Crippen molar-refractivity contribution in [3.8, 4) is 0 Å². The monoisotopic (exact) mass is 238 g/mol. The molecule has 1 aliphatic rings. The fourth-order valence-corrected chi connectivity index (χ4v) is 3.53. The molecular formula is C13H22N2S. The Hall–Kier alpha value is -0.410. The molecule has 1 N–H and O–H groups in total. The normalized spacial score (nSPS) is 19.2. The van der Waals surface area contributed by atoms with Gasteiger partial charge in [-0.05, 0) is 32.1 Å². The van der Waals surface area contributed by atoms with Crippen molar-refractivity contribution in [1.82, 2.24) is 10.3 Å². The van der Waals surface area contributed by atoms with Gasteiger partial charge < -0.3 is 5.32 Å². The maximum Gasteiger partial charge on any atom is 0.0900 e. The van der Waals surface area contributed by atoms with Gasteiger partial charge in [0.2, 0.25) is 0 Å². The van der Waals surface area contributed by atoms with E-state index in [1.165, 1.54) is 41.3 Å². The Kier molecular flexibility index (Phi) is 3.65. The molecule has 2 rings (SSSR count). The lowest BCUT2D eigenvalue weighted by molar-refractivity contribution is 0.315. The molecule has 0 unspecified atom stereocenters. The van der Waals surface area contributed by atoms with Crippen molar-refractivity contribution >= 4 is 11.3 Å². The van der Waals surface area contributed by atoms with Gasteiger partial charge in [0, 0.05) is 18.0 Å². The molecular weight excluding hydrogens is 216 g/mol. The van der Waals surface area contributed by atoms with Gasteiger partial charge >= 0.3 is 0 Å². The van der Waals surface area contributed by atoms with Crippen LogP contribution in [-0.4, -0.2) is 11.5 Å². The Morgan fingerprint density at radius 1 is 1.31 bits per heavy atom. The van der Waals surface area contributed by atoms with E-state index in [1.807, 2.05) is 11.3 Å². The van der Waals surface area contributed by atoms with Gasteiger partial charge in [0.25, 0.3) is 0 Å². The van der Waals surface area contributed by atoms with E-state index in [0.717, 1.165) is 13.1 Å². The zero-order valence-electron chi connectivity index (χ0n) is 10.6. The molecule has 1 fully saturated rings. The molecule has 0 spiro atoms. The van der Waals surface area contributed by atoms with Gasteiger partial charge in [-0.15, -0.1) is 11.3 Å². The zero-order chi connectivity index (χ0) is 11.6. The summed E-state index contributed by atoms with van der Waals surface area (Å²) in [6, 6.07) is 0. The Morgan fingerprint density at radius 3 is 2.56 bits per heavy atom. The third kappa shape index (κ3) is 2.83. The summed E-state index contributed by atoms with van der Waals surface area (Å²) in [5.74, 6) is 0. The molecule has 2 nitrogen and oxygen atoms in total. The van der Waals surface area contributed by atoms with Crippen LogP contribution in [0.5, 0.6) is 0 Å². The van der Waals surface area contributed by atoms with E-state index in [2.05, 4.69) is 31.1 Å². The van der Waals surface area contributed by atoms with Crippen molar-refractivity contribution in [3.63, 3.8) is 0 Å². The summed E-state index contributed by atoms with van der Waals surface area (Å²) in [7, 11) is 0. The van der Waals surface area contributed by atoms with E-state index < -0.39 is 0 Å². The number of hydrogen-bond acceptors (Lipinski definition) is 3. The lowest BCUT2D eigenvalue weighted by Crippen LogP contribution is -2.29. The first-order chi connectivity index (χ1) is 7.59. The van der Waals surface area contributed by atoms with Gasteiger partial charge in [-0.25, -0.2) is 4.98 Å². The number of aromatic nitrogens is 1. The number of nitrogens with zero attached hydrogens (tertiary/aromatic N) is 1. The van der Waals surface area contributed by atoms with Gasteiger partial charge in [0.05, 0.1) is 10.7 Å². The minimum absolute atomic E-state index is 0.549. The van der Waals surface area contributed by atoms with Crippen LogP contribution in [0.1, 0.15) is 48.2 Å². The SMILES string of the molecule is Cc1nc(C)c(CNCC2(C)CCCC2)s1. The highest BCUT2D eigenvalue weighted by molar-refractivity contribution is 7.11. The summed E-state index contributed by atoms with van der Waals surface area (Å²) in [4.78, 5) is 5.86. The number of thiazole rings is 1. The van der Waals surface area contributed by atoms with E-state index >= 15 is 0 Å². The first-order valence-electron chi connectivity index (χ1n) is 6.23. The predicted octanol–water partition coefficient (Wildman–Crippen LogP) is 3.43. The Bertz CT molecular complexity index is 351. The molecule has 0 aromatic carbocycles. The van der Waals surface area contributed by atoms with Gasteiger partial charge in [0.1, 0.15) is 0 Å². The highest BCUT2D eigenvalue weighted by Crippen LogP contribution is 2.36. The average Bonchev–Trinajstić information content (AvgIpc) is 2.75. The van der Waals surface area contributed by atoms with Crippen molar-refractivity contribution in [2.45, 2.75) is 53.0 Å². The lowest BCUT2D eigenvalue weighted by atomic mass is 9.89. The van der Waals surface area contributed by atoms with E-state index in [1.54, 1.807) is 0 Å². The van der Waals surface area contributed by atoms with Crippen molar-refractivity contribution in [3.05, 3.63) is 15.6 Å². The molecule has 1 aliphatic carbocycles. The molecule has 1 aromatic heterocycles. The van der Waals surface area contributed by atoms with Crippen LogP contribution in [0, 0.1) is 19.3 Å². The number of rotatable bonds is 4. The summed E-state index contributed by atoms with van der Waals surface area (Å²) in [6.45, 7) is 8.76. The topological polar surface area (TPSA) is 24.9 Å². The first-order valence-corrected chi connectivity index (χ1v) is 7.04. The van der Waals surface area contributed by atoms with Crippen molar-refractivity contribution in [1.29, 1.82) is 0 Å². The van der Waals surface area contributed by atoms with Crippen LogP contribution >= 0.6 is 11.3 Å². The van der Waals surface area contributed by atoms with Crippen LogP contribution < -0.4 is 5.32 Å². The van der Waals surface area contributed by atoms with E-state index in [4.69, 9.17) is 0 Å². The Labute approximate surface area is 102 Å². The van der Waals surface area contributed by atoms with Gasteiger partial charge in [-0.1, -0.05) is 19.8 Å². The first kappa shape index (κ1) is 12.1. The standard InChI is InChI=1S/C13H22N2S/c1-10-12(16-11(2)15-10)8-14-9-13(3)6-4-5-7-13/h14H,4-9H2,1-3H3. The second kappa shape index (κ2) is 4.84. The van der Waals surface area contributed by atoms with Crippen LogP contribution in [0.25, 0.3) is 0 Å². The maximum atomic E-state index is 4.46. The maximum absolute atomic E-state index is 4.46. The Morgan fingerprint density at radius 2 is 2.00 bits per heavy atom. The van der Waals surface area contributed by atoms with Gasteiger partial charge in [-0.3, -0.25) is 0 Å². The predicted molar refractivity (Wildman–Crippen MR) is 69.9 cm³/mol. The summed E-state index contributed by atoms with van der Waals surface area (Å²) in [5.41, 5.74) is 1.75. The van der Waals surface area contributed by atoms with Crippen molar-refractivity contribution in [2.75, 3.05) is 6.54 Å². The molecule has 0 saturated heterocycles. The lowest BCUT2D eigenvalue weighted by Gasteiger charge is -2.23. The van der Waals surface area contributed by atoms with Crippen molar-refractivity contribution < 1.29 is 0 Å². The summed E-state index contributed by atoms with van der Waals surface area (Å²) >= 11 is 1.82. The summed E-state index contributed by atoms with van der Waals surface area (Å²) < 4.78 is 0. The van der Waals surface area contributed by atoms with E-state index in [9.17, 15) is 0 Å². The quantitative estimate of drug-likeness (QED) is 0.869. The van der Waals surface area contributed by atoms with Crippen LogP contribution in [0.3, 0.4) is 0 Å². The molecule has 0 bridgehead atoms. The van der Waals surface area contributed by atoms with E-state index in [0.29, 0.717) is 5.41 Å². The highest BCUT2D eigenvalue weighted by Gasteiger charge is 2.27. The molecule has 1 saturated carbocycles. The second-order valence-electron chi connectivity index (χ2n) is 5.36. The van der Waals surface area contributed by atoms with Crippen molar-refractivity contribution in [2.24, 2.45) is 5.41 Å². The van der Waals surface area contributed by atoms with Gasteiger partial charge in [0.15, 0.2) is 0 Å². The minimum atomic E-state index is 0.549. The molecule has 0 aliphatic heterocycles. The third-order valence-corrected chi connectivity index (χ3v) is 4.72. The molecule has 0 atom stereocenters. The molecule has 16 heavy (non-hydrogen) atoms. The largest absolute Gasteiger partial charge is 0.311 e. The summed E-state index contributed by atoms with van der Waals surface area (Å²) in [5, 5.41) is 4.79. The smallest absolute Gasteiger partial charge is 0.0900 e. The minimum Gasteiger partial charge on any atom is -0.311 e. The average molecular weight is 238 g/mol. The molecule has 1 aromatic rings. The number of aryl methyl sites for hydroxylation is 2. The van der Waals surface area contributed by atoms with Crippen LogP contribution in [0.2, 0.25) is 0 Å².